The first-order valence-corrected chi connectivity index (χ1v) is 5.59. The lowest BCUT2D eigenvalue weighted by atomic mass is 10.2. The molecule has 0 aliphatic rings. The number of rotatable bonds is 5. The third kappa shape index (κ3) is 4.68. The Balaban J connectivity index is 2.27. The maximum Gasteiger partial charge on any atom is 0.0837 e. The standard InChI is InChI=1S/C10H14O3P/c1-9(2)13-14(11)12-8-10-6-4-3-5-7-10/h3-7,9H,8H2,1-2H3/q-1. The van der Waals surface area contributed by atoms with Gasteiger partial charge < -0.3 is 13.9 Å². The Morgan fingerprint density at radius 2 is 1.93 bits per heavy atom. The minimum absolute atomic E-state index is 0.0746. The van der Waals surface area contributed by atoms with Crippen LogP contribution in [0.25, 0.3) is 0 Å². The minimum atomic E-state index is -1.99. The molecule has 0 spiro atoms. The first-order valence-electron chi connectivity index (χ1n) is 4.49. The van der Waals surface area contributed by atoms with Gasteiger partial charge in [-0.3, -0.25) is 0 Å². The zero-order valence-corrected chi connectivity index (χ0v) is 9.24. The Bertz CT molecular complexity index is 251. The summed E-state index contributed by atoms with van der Waals surface area (Å²) in [5.74, 6) is 0. The molecule has 78 valence electrons. The molecule has 0 saturated heterocycles. The lowest BCUT2D eigenvalue weighted by Gasteiger charge is -2.24. The van der Waals surface area contributed by atoms with E-state index < -0.39 is 8.60 Å². The summed E-state index contributed by atoms with van der Waals surface area (Å²) < 4.78 is 9.98. The van der Waals surface area contributed by atoms with Gasteiger partial charge >= 0.3 is 0 Å². The normalized spacial score (nSPS) is 13.1. The van der Waals surface area contributed by atoms with E-state index in [2.05, 4.69) is 0 Å². The van der Waals surface area contributed by atoms with Crippen LogP contribution in [-0.2, 0) is 15.7 Å². The summed E-state index contributed by atoms with van der Waals surface area (Å²) in [6.07, 6.45) is -0.0746. The number of hydrogen-bond acceptors (Lipinski definition) is 3. The van der Waals surface area contributed by atoms with Gasteiger partial charge in [-0.2, -0.15) is 0 Å². The molecule has 14 heavy (non-hydrogen) atoms. The van der Waals surface area contributed by atoms with E-state index >= 15 is 0 Å². The lowest BCUT2D eigenvalue weighted by Crippen LogP contribution is -2.08. The molecule has 0 aliphatic carbocycles. The summed E-state index contributed by atoms with van der Waals surface area (Å²) in [4.78, 5) is 11.1. The van der Waals surface area contributed by atoms with Gasteiger partial charge in [-0.25, -0.2) is 0 Å². The highest BCUT2D eigenvalue weighted by Crippen LogP contribution is 2.30. The van der Waals surface area contributed by atoms with Crippen molar-refractivity contribution in [2.75, 3.05) is 0 Å². The molecule has 0 heterocycles. The summed E-state index contributed by atoms with van der Waals surface area (Å²) >= 11 is 0. The monoisotopic (exact) mass is 213 g/mol. The molecular formula is C10H14O3P-. The van der Waals surface area contributed by atoms with Crippen molar-refractivity contribution >= 4 is 8.60 Å². The second-order valence-electron chi connectivity index (χ2n) is 3.14. The molecule has 0 aromatic heterocycles. The highest BCUT2D eigenvalue weighted by molar-refractivity contribution is 7.39. The van der Waals surface area contributed by atoms with Gasteiger partial charge in [0.1, 0.15) is 0 Å². The van der Waals surface area contributed by atoms with Crippen molar-refractivity contribution in [1.29, 1.82) is 0 Å². The zero-order valence-electron chi connectivity index (χ0n) is 8.34. The van der Waals surface area contributed by atoms with Crippen molar-refractivity contribution in [3.8, 4) is 0 Å². The van der Waals surface area contributed by atoms with Crippen LogP contribution in [0.1, 0.15) is 19.4 Å². The van der Waals surface area contributed by atoms with Crippen LogP contribution < -0.4 is 4.89 Å². The molecule has 1 aromatic rings. The van der Waals surface area contributed by atoms with Crippen molar-refractivity contribution in [3.63, 3.8) is 0 Å². The average molecular weight is 213 g/mol. The van der Waals surface area contributed by atoms with Crippen LogP contribution in [0.4, 0.5) is 0 Å². The van der Waals surface area contributed by atoms with Crippen molar-refractivity contribution < 1.29 is 13.9 Å². The maximum absolute atomic E-state index is 11.1. The Morgan fingerprint density at radius 3 is 2.50 bits per heavy atom. The maximum atomic E-state index is 11.1. The SMILES string of the molecule is CC(C)OP([O-])OCc1ccccc1. The summed E-state index contributed by atoms with van der Waals surface area (Å²) in [5, 5.41) is 0. The van der Waals surface area contributed by atoms with Gasteiger partial charge in [-0.05, 0) is 19.4 Å². The lowest BCUT2D eigenvalue weighted by molar-refractivity contribution is -0.208. The van der Waals surface area contributed by atoms with Crippen LogP contribution in [0.5, 0.6) is 0 Å². The van der Waals surface area contributed by atoms with Gasteiger partial charge in [0.2, 0.25) is 0 Å². The molecule has 1 rings (SSSR count). The molecule has 4 heteroatoms. The van der Waals surface area contributed by atoms with E-state index in [-0.39, 0.29) is 6.10 Å². The molecule has 0 bridgehead atoms. The highest BCUT2D eigenvalue weighted by atomic mass is 31.2. The van der Waals surface area contributed by atoms with E-state index in [1.165, 1.54) is 0 Å². The van der Waals surface area contributed by atoms with Crippen molar-refractivity contribution in [2.24, 2.45) is 0 Å². The van der Waals surface area contributed by atoms with E-state index in [9.17, 15) is 4.89 Å². The van der Waals surface area contributed by atoms with Crippen LogP contribution in [0.15, 0.2) is 30.3 Å². The van der Waals surface area contributed by atoms with Crippen molar-refractivity contribution in [1.82, 2.24) is 0 Å². The van der Waals surface area contributed by atoms with Crippen LogP contribution in [0, 0.1) is 0 Å². The van der Waals surface area contributed by atoms with E-state index in [1.807, 2.05) is 44.2 Å². The number of hydrogen-bond donors (Lipinski definition) is 0. The van der Waals surface area contributed by atoms with E-state index in [0.717, 1.165) is 5.56 Å². The largest absolute Gasteiger partial charge is 0.786 e. The van der Waals surface area contributed by atoms with Crippen LogP contribution in [0.2, 0.25) is 0 Å². The summed E-state index contributed by atoms with van der Waals surface area (Å²) in [7, 11) is -1.99. The smallest absolute Gasteiger partial charge is 0.0837 e. The second kappa shape index (κ2) is 6.10. The molecule has 0 amide bonds. The Labute approximate surface area is 85.7 Å². The Morgan fingerprint density at radius 1 is 1.29 bits per heavy atom. The molecule has 1 atom stereocenters. The fourth-order valence-corrected chi connectivity index (χ4v) is 1.56. The average Bonchev–Trinajstić information content (AvgIpc) is 2.15. The van der Waals surface area contributed by atoms with Gasteiger partial charge in [0.05, 0.1) is 21.3 Å². The summed E-state index contributed by atoms with van der Waals surface area (Å²) in [6, 6.07) is 9.58. The van der Waals surface area contributed by atoms with Crippen molar-refractivity contribution in [3.05, 3.63) is 35.9 Å². The van der Waals surface area contributed by atoms with Gasteiger partial charge in [0.15, 0.2) is 0 Å². The van der Waals surface area contributed by atoms with Gasteiger partial charge in [-0.15, -0.1) is 0 Å². The van der Waals surface area contributed by atoms with Crippen LogP contribution in [0.3, 0.4) is 0 Å². The number of benzene rings is 1. The first-order chi connectivity index (χ1) is 6.68. The van der Waals surface area contributed by atoms with Gasteiger partial charge in [0.25, 0.3) is 0 Å². The van der Waals surface area contributed by atoms with E-state index in [0.29, 0.717) is 6.61 Å². The van der Waals surface area contributed by atoms with Crippen molar-refractivity contribution in [2.45, 2.75) is 26.6 Å². The molecule has 0 aliphatic heterocycles. The minimum Gasteiger partial charge on any atom is -0.786 e. The molecule has 3 nitrogen and oxygen atoms in total. The molecule has 1 unspecified atom stereocenters. The van der Waals surface area contributed by atoms with Crippen LogP contribution in [-0.4, -0.2) is 6.10 Å². The topological polar surface area (TPSA) is 41.5 Å². The molecule has 1 aromatic carbocycles. The fraction of sp³-hybridized carbons (Fsp3) is 0.400. The van der Waals surface area contributed by atoms with Crippen LogP contribution >= 0.6 is 8.60 Å². The predicted octanol–water partition coefficient (Wildman–Crippen LogP) is 2.22. The molecular weight excluding hydrogens is 199 g/mol. The first kappa shape index (κ1) is 11.6. The predicted molar refractivity (Wildman–Crippen MR) is 54.4 cm³/mol. The quantitative estimate of drug-likeness (QED) is 0.704. The van der Waals surface area contributed by atoms with Gasteiger partial charge in [-0.1, -0.05) is 30.3 Å². The summed E-state index contributed by atoms with van der Waals surface area (Å²) in [5.41, 5.74) is 0.989. The third-order valence-corrected chi connectivity index (χ3v) is 2.41. The summed E-state index contributed by atoms with van der Waals surface area (Å²) in [6.45, 7) is 3.96. The fourth-order valence-electron chi connectivity index (χ4n) is 0.904. The molecule has 0 fully saturated rings. The zero-order chi connectivity index (χ0) is 10.4. The second-order valence-corrected chi connectivity index (χ2v) is 4.05. The van der Waals surface area contributed by atoms with Gasteiger partial charge in [0, 0.05) is 0 Å². The van der Waals surface area contributed by atoms with E-state index in [4.69, 9.17) is 9.05 Å². The molecule has 0 N–H and O–H groups in total. The third-order valence-electron chi connectivity index (χ3n) is 1.48. The molecule has 0 radical (unpaired) electrons. The highest BCUT2D eigenvalue weighted by Gasteiger charge is 1.99. The van der Waals surface area contributed by atoms with E-state index in [1.54, 1.807) is 0 Å². The molecule has 0 saturated carbocycles. The Kier molecular flexibility index (Phi) is 5.05. The Hall–Kier alpha value is -0.470.